The van der Waals surface area contributed by atoms with Gasteiger partial charge in [0.25, 0.3) is 0 Å². The predicted molar refractivity (Wildman–Crippen MR) is 33.9 cm³/mol. The molecule has 0 aromatic carbocycles. The average molecular weight is 172 g/mol. The molecule has 0 spiro atoms. The van der Waals surface area contributed by atoms with Crippen molar-refractivity contribution >= 4 is 17.8 Å². The summed E-state index contributed by atoms with van der Waals surface area (Å²) in [5.41, 5.74) is 0. The highest BCUT2D eigenvalue weighted by atomic mass is 16.4. The molecule has 0 atom stereocenters. The van der Waals surface area contributed by atoms with Gasteiger partial charge in [0.05, 0.1) is 0 Å². The van der Waals surface area contributed by atoms with Gasteiger partial charge in [-0.25, -0.2) is 9.69 Å². The molecule has 1 saturated heterocycles. The maximum atomic E-state index is 10.8. The van der Waals surface area contributed by atoms with Gasteiger partial charge in [-0.3, -0.25) is 9.59 Å². The lowest BCUT2D eigenvalue weighted by Crippen LogP contribution is -2.37. The largest absolute Gasteiger partial charge is 0.478 e. The van der Waals surface area contributed by atoms with Gasteiger partial charge in [-0.15, -0.1) is 0 Å². The highest BCUT2D eigenvalue weighted by Gasteiger charge is 2.39. The van der Waals surface area contributed by atoms with E-state index in [1.54, 1.807) is 0 Å². The van der Waals surface area contributed by atoms with E-state index in [0.29, 0.717) is 0 Å². The van der Waals surface area contributed by atoms with E-state index in [0.717, 1.165) is 0 Å². The van der Waals surface area contributed by atoms with Crippen LogP contribution in [-0.4, -0.2) is 32.9 Å². The minimum Gasteiger partial charge on any atom is -0.478 e. The van der Waals surface area contributed by atoms with Gasteiger partial charge in [-0.2, -0.15) is 0 Å². The summed E-state index contributed by atoms with van der Waals surface area (Å²) in [4.78, 5) is 32.0. The van der Waals surface area contributed by atoms with E-state index >= 15 is 0 Å². The topological polar surface area (TPSA) is 94.9 Å². The zero-order valence-corrected chi connectivity index (χ0v) is 5.98. The Labute approximate surface area is 67.4 Å². The smallest absolute Gasteiger partial charge is 0.364 e. The number of amides is 2. The Morgan fingerprint density at radius 2 is 1.58 bits per heavy atom. The van der Waals surface area contributed by atoms with Crippen LogP contribution in [0, 0.1) is 6.23 Å². The monoisotopic (exact) mass is 172 g/mol. The number of imide groups is 1. The second-order valence-electron chi connectivity index (χ2n) is 2.25. The molecule has 12 heavy (non-hydrogen) atoms. The quantitative estimate of drug-likeness (QED) is 0.525. The molecule has 0 aromatic heterocycles. The highest BCUT2D eigenvalue weighted by Crippen LogP contribution is 2.17. The first kappa shape index (κ1) is 8.66. The minimum absolute atomic E-state index is 0.0455. The van der Waals surface area contributed by atoms with Gasteiger partial charge in [0.2, 0.25) is 11.8 Å². The number of likely N-dealkylation sites (tertiary alicyclic amines) is 1. The van der Waals surface area contributed by atoms with Gasteiger partial charge in [0.1, 0.15) is 0 Å². The summed E-state index contributed by atoms with van der Waals surface area (Å²) in [7, 11) is 0. The van der Waals surface area contributed by atoms with Gasteiger partial charge in [0.15, 0.2) is 0 Å². The molecule has 1 aliphatic rings. The van der Waals surface area contributed by atoms with Crippen molar-refractivity contribution in [1.82, 2.24) is 4.90 Å². The SMILES string of the molecule is O=C(O)[C](O)N1C(=O)CCC1=O. The van der Waals surface area contributed by atoms with E-state index in [1.165, 1.54) is 0 Å². The van der Waals surface area contributed by atoms with Gasteiger partial charge in [-0.1, -0.05) is 0 Å². The van der Waals surface area contributed by atoms with Crippen molar-refractivity contribution < 1.29 is 24.6 Å². The van der Waals surface area contributed by atoms with Crippen LogP contribution in [-0.2, 0) is 14.4 Å². The fourth-order valence-electron chi connectivity index (χ4n) is 0.908. The van der Waals surface area contributed by atoms with Crippen molar-refractivity contribution in [3.05, 3.63) is 6.23 Å². The van der Waals surface area contributed by atoms with Crippen molar-refractivity contribution in [3.63, 3.8) is 0 Å². The molecule has 1 rings (SSSR count). The third-order valence-corrected chi connectivity index (χ3v) is 1.45. The van der Waals surface area contributed by atoms with Crippen molar-refractivity contribution in [2.24, 2.45) is 0 Å². The predicted octanol–water partition coefficient (Wildman–Crippen LogP) is -0.918. The number of hydrogen-bond donors (Lipinski definition) is 2. The standard InChI is InChI=1S/C6H6NO5/c8-3-1-2-4(9)7(3)5(10)6(11)12/h10H,1-2H2,(H,11,12). The number of hydrogen-bond acceptors (Lipinski definition) is 4. The first-order valence-electron chi connectivity index (χ1n) is 3.19. The number of carbonyl (C=O) groups excluding carboxylic acids is 2. The number of carboxylic acids is 1. The fraction of sp³-hybridized carbons (Fsp3) is 0.333. The molecule has 1 radical (unpaired) electrons. The lowest BCUT2D eigenvalue weighted by molar-refractivity contribution is -0.155. The second kappa shape index (κ2) is 2.90. The van der Waals surface area contributed by atoms with E-state index in [4.69, 9.17) is 10.2 Å². The molecule has 0 unspecified atom stereocenters. The molecular weight excluding hydrogens is 166 g/mol. The van der Waals surface area contributed by atoms with E-state index in [1.807, 2.05) is 0 Å². The molecule has 0 aliphatic carbocycles. The van der Waals surface area contributed by atoms with Crippen LogP contribution in [0.4, 0.5) is 0 Å². The lowest BCUT2D eigenvalue weighted by atomic mass is 10.4. The number of aliphatic hydroxyl groups is 1. The maximum Gasteiger partial charge on any atom is 0.364 e. The summed E-state index contributed by atoms with van der Waals surface area (Å²) in [6.07, 6.45) is -1.31. The molecule has 0 saturated carbocycles. The van der Waals surface area contributed by atoms with E-state index in [-0.39, 0.29) is 17.7 Å². The van der Waals surface area contributed by atoms with Crippen molar-refractivity contribution in [1.29, 1.82) is 0 Å². The highest BCUT2D eigenvalue weighted by molar-refractivity contribution is 6.06. The summed E-state index contributed by atoms with van der Waals surface area (Å²) >= 11 is 0. The Morgan fingerprint density at radius 3 is 1.92 bits per heavy atom. The van der Waals surface area contributed by atoms with Crippen LogP contribution < -0.4 is 0 Å². The van der Waals surface area contributed by atoms with Crippen molar-refractivity contribution in [3.8, 4) is 0 Å². The number of aliphatic hydroxyl groups excluding tert-OH is 1. The van der Waals surface area contributed by atoms with Crippen LogP contribution in [0.3, 0.4) is 0 Å². The Morgan fingerprint density at radius 1 is 1.17 bits per heavy atom. The third-order valence-electron chi connectivity index (χ3n) is 1.45. The van der Waals surface area contributed by atoms with Crippen molar-refractivity contribution in [2.75, 3.05) is 0 Å². The first-order valence-corrected chi connectivity index (χ1v) is 3.19. The Kier molecular flexibility index (Phi) is 2.09. The first-order chi connectivity index (χ1) is 5.54. The summed E-state index contributed by atoms with van der Waals surface area (Å²) in [5.74, 6) is -3.04. The zero-order chi connectivity index (χ0) is 9.30. The molecule has 1 heterocycles. The van der Waals surface area contributed by atoms with Crippen LogP contribution in [0.2, 0.25) is 0 Å². The number of aliphatic carboxylic acids is 1. The average Bonchev–Trinajstić information content (AvgIpc) is 2.30. The molecule has 6 nitrogen and oxygen atoms in total. The van der Waals surface area contributed by atoms with Crippen LogP contribution in [0.5, 0.6) is 0 Å². The molecule has 2 N–H and O–H groups in total. The number of carboxylic acid groups (broad SMARTS) is 1. The van der Waals surface area contributed by atoms with E-state index in [2.05, 4.69) is 0 Å². The molecular formula is C6H6NO5. The Balaban J connectivity index is 2.79. The van der Waals surface area contributed by atoms with Crippen molar-refractivity contribution in [2.45, 2.75) is 12.8 Å². The molecule has 1 aliphatic heterocycles. The third kappa shape index (κ3) is 1.28. The van der Waals surface area contributed by atoms with Gasteiger partial charge in [0, 0.05) is 12.8 Å². The second-order valence-corrected chi connectivity index (χ2v) is 2.25. The van der Waals surface area contributed by atoms with Crippen LogP contribution in [0.25, 0.3) is 0 Å². The van der Waals surface area contributed by atoms with Gasteiger partial charge >= 0.3 is 12.2 Å². The summed E-state index contributed by atoms with van der Waals surface area (Å²) < 4.78 is 0. The fourth-order valence-corrected chi connectivity index (χ4v) is 0.908. The van der Waals surface area contributed by atoms with E-state index < -0.39 is 24.0 Å². The van der Waals surface area contributed by atoms with Crippen LogP contribution >= 0.6 is 0 Å². The molecule has 0 aromatic rings. The number of rotatable bonds is 2. The molecule has 6 heteroatoms. The summed E-state index contributed by atoms with van der Waals surface area (Å²) in [6, 6.07) is 0. The summed E-state index contributed by atoms with van der Waals surface area (Å²) in [5, 5.41) is 17.0. The Hall–Kier alpha value is -1.43. The number of carbonyl (C=O) groups is 3. The normalized spacial score (nSPS) is 17.7. The van der Waals surface area contributed by atoms with Gasteiger partial charge in [-0.05, 0) is 0 Å². The van der Waals surface area contributed by atoms with Crippen LogP contribution in [0.15, 0.2) is 0 Å². The molecule has 0 bridgehead atoms. The molecule has 1 fully saturated rings. The maximum absolute atomic E-state index is 10.8. The summed E-state index contributed by atoms with van der Waals surface area (Å²) in [6.45, 7) is 0. The van der Waals surface area contributed by atoms with Crippen LogP contribution in [0.1, 0.15) is 12.8 Å². The molecule has 65 valence electrons. The van der Waals surface area contributed by atoms with E-state index in [9.17, 15) is 14.4 Å². The lowest BCUT2D eigenvalue weighted by Gasteiger charge is -2.14. The zero-order valence-electron chi connectivity index (χ0n) is 5.98. The van der Waals surface area contributed by atoms with Gasteiger partial charge < -0.3 is 10.2 Å². The molecule has 2 amide bonds. The number of nitrogens with zero attached hydrogens (tertiary/aromatic N) is 1. The minimum atomic E-state index is -1.68. The Bertz CT molecular complexity index is 232.